The van der Waals surface area contributed by atoms with Crippen LogP contribution in [0.1, 0.15) is 22.3 Å². The number of hydrogen-bond donors (Lipinski definition) is 4. The zero-order valence-corrected chi connectivity index (χ0v) is 16.4. The number of nitrogens with two attached hydrogens (primary N) is 1. The molecule has 1 aromatic carbocycles. The molecule has 0 radical (unpaired) electrons. The lowest BCUT2D eigenvalue weighted by Crippen LogP contribution is -2.38. The van der Waals surface area contributed by atoms with Crippen molar-refractivity contribution in [3.63, 3.8) is 0 Å². The number of alkyl halides is 3. The molecular weight excluding hydrogens is 466 g/mol. The topological polar surface area (TPSA) is 109 Å². The molecule has 0 fully saturated rings. The second-order valence-corrected chi connectivity index (χ2v) is 5.06. The van der Waals surface area contributed by atoms with Crippen molar-refractivity contribution >= 4 is 41.8 Å². The molecule has 0 aliphatic rings. The molecule has 26 heavy (non-hydrogen) atoms. The average molecular weight is 487 g/mol. The van der Waals surface area contributed by atoms with Crippen LogP contribution in [-0.2, 0) is 11.3 Å². The Kier molecular flexibility index (Phi) is 10.6. The molecule has 0 spiro atoms. The fourth-order valence-corrected chi connectivity index (χ4v) is 1.77. The van der Waals surface area contributed by atoms with Gasteiger partial charge in [-0.2, -0.15) is 13.2 Å². The molecule has 1 aromatic rings. The standard InChI is InChI=1S/C15H20F3N5O2.HI/c1-20-14(21-7-6-15(16,17)18)23-8-10-2-4-11(5-3-10)13(25)22-9-12(19)24;/h2-5H,6-9H2,1H3,(H2,19,24)(H,22,25)(H2,20,21,23);1H. The van der Waals surface area contributed by atoms with E-state index in [0.29, 0.717) is 12.1 Å². The number of amides is 2. The predicted molar refractivity (Wildman–Crippen MR) is 102 cm³/mol. The largest absolute Gasteiger partial charge is 0.390 e. The molecule has 0 bridgehead atoms. The number of carbonyl (C=O) groups excluding carboxylic acids is 2. The first-order valence-electron chi connectivity index (χ1n) is 7.38. The van der Waals surface area contributed by atoms with Gasteiger partial charge < -0.3 is 21.7 Å². The van der Waals surface area contributed by atoms with Gasteiger partial charge in [-0.05, 0) is 17.7 Å². The number of benzene rings is 1. The monoisotopic (exact) mass is 487 g/mol. The first kappa shape index (κ1) is 23.9. The van der Waals surface area contributed by atoms with Gasteiger partial charge in [0.2, 0.25) is 5.91 Å². The molecule has 2 amide bonds. The average Bonchev–Trinajstić information content (AvgIpc) is 2.55. The van der Waals surface area contributed by atoms with E-state index >= 15 is 0 Å². The van der Waals surface area contributed by atoms with Crippen LogP contribution in [0.15, 0.2) is 29.3 Å². The Morgan fingerprint density at radius 2 is 1.73 bits per heavy atom. The van der Waals surface area contributed by atoms with Crippen molar-refractivity contribution in [2.45, 2.75) is 19.1 Å². The fourth-order valence-electron chi connectivity index (χ4n) is 1.77. The maximum absolute atomic E-state index is 12.1. The van der Waals surface area contributed by atoms with Gasteiger partial charge in [-0.1, -0.05) is 12.1 Å². The van der Waals surface area contributed by atoms with Gasteiger partial charge in [-0.15, -0.1) is 24.0 Å². The molecule has 0 saturated carbocycles. The van der Waals surface area contributed by atoms with Crippen molar-refractivity contribution in [2.75, 3.05) is 20.1 Å². The summed E-state index contributed by atoms with van der Waals surface area (Å²) in [4.78, 5) is 26.2. The van der Waals surface area contributed by atoms with E-state index in [9.17, 15) is 22.8 Å². The minimum atomic E-state index is -4.23. The highest BCUT2D eigenvalue weighted by atomic mass is 127. The summed E-state index contributed by atoms with van der Waals surface area (Å²) < 4.78 is 36.3. The van der Waals surface area contributed by atoms with Crippen LogP contribution >= 0.6 is 24.0 Å². The maximum Gasteiger partial charge on any atom is 0.390 e. The molecule has 7 nitrogen and oxygen atoms in total. The maximum atomic E-state index is 12.1. The fraction of sp³-hybridized carbons (Fsp3) is 0.400. The molecule has 146 valence electrons. The minimum Gasteiger partial charge on any atom is -0.368 e. The van der Waals surface area contributed by atoms with E-state index in [1.807, 2.05) is 0 Å². The van der Waals surface area contributed by atoms with Crippen molar-refractivity contribution in [1.82, 2.24) is 16.0 Å². The third-order valence-corrected chi connectivity index (χ3v) is 3.02. The van der Waals surface area contributed by atoms with Crippen molar-refractivity contribution in [1.29, 1.82) is 0 Å². The lowest BCUT2D eigenvalue weighted by atomic mass is 10.1. The number of primary amides is 1. The number of rotatable bonds is 7. The number of nitrogens with one attached hydrogen (secondary N) is 3. The van der Waals surface area contributed by atoms with Crippen LogP contribution in [0, 0.1) is 0 Å². The molecule has 0 aliphatic heterocycles. The predicted octanol–water partition coefficient (Wildman–Crippen LogP) is 1.14. The van der Waals surface area contributed by atoms with Gasteiger partial charge in [0.05, 0.1) is 13.0 Å². The normalized spacial score (nSPS) is 11.3. The molecule has 5 N–H and O–H groups in total. The van der Waals surface area contributed by atoms with Gasteiger partial charge in [0.1, 0.15) is 0 Å². The molecule has 0 heterocycles. The lowest BCUT2D eigenvalue weighted by Gasteiger charge is -2.13. The number of guanidine groups is 1. The lowest BCUT2D eigenvalue weighted by molar-refractivity contribution is -0.132. The van der Waals surface area contributed by atoms with E-state index in [1.54, 1.807) is 24.3 Å². The molecule has 1 rings (SSSR count). The Bertz CT molecular complexity index is 621. The second-order valence-electron chi connectivity index (χ2n) is 5.06. The zero-order valence-electron chi connectivity index (χ0n) is 14.0. The zero-order chi connectivity index (χ0) is 18.9. The highest BCUT2D eigenvalue weighted by Crippen LogP contribution is 2.18. The van der Waals surface area contributed by atoms with Crippen LogP contribution in [0.25, 0.3) is 0 Å². The summed E-state index contributed by atoms with van der Waals surface area (Å²) in [6, 6.07) is 6.48. The molecule has 11 heteroatoms. The van der Waals surface area contributed by atoms with Gasteiger partial charge in [-0.25, -0.2) is 0 Å². The summed E-state index contributed by atoms with van der Waals surface area (Å²) in [5, 5.41) is 7.80. The minimum absolute atomic E-state index is 0. The molecule has 0 unspecified atom stereocenters. The molecule has 0 saturated heterocycles. The van der Waals surface area contributed by atoms with E-state index in [1.165, 1.54) is 7.05 Å². The van der Waals surface area contributed by atoms with Crippen LogP contribution < -0.4 is 21.7 Å². The first-order chi connectivity index (χ1) is 11.7. The summed E-state index contributed by atoms with van der Waals surface area (Å²) in [5.74, 6) is -0.825. The molecular formula is C15H21F3IN5O2. The van der Waals surface area contributed by atoms with Gasteiger partial charge in [0.25, 0.3) is 5.91 Å². The molecule has 0 atom stereocenters. The quantitative estimate of drug-likeness (QED) is 0.263. The van der Waals surface area contributed by atoms with Crippen LogP contribution in [0.3, 0.4) is 0 Å². The van der Waals surface area contributed by atoms with Crippen molar-refractivity contribution in [2.24, 2.45) is 10.7 Å². The highest BCUT2D eigenvalue weighted by molar-refractivity contribution is 14.0. The Labute approximate surface area is 166 Å². The third kappa shape index (κ3) is 10.1. The summed E-state index contributed by atoms with van der Waals surface area (Å²) >= 11 is 0. The number of aliphatic imine (C=N–C) groups is 1. The summed E-state index contributed by atoms with van der Waals surface area (Å²) in [5.41, 5.74) is 6.10. The summed E-state index contributed by atoms with van der Waals surface area (Å²) in [6.07, 6.45) is -5.18. The van der Waals surface area contributed by atoms with Gasteiger partial charge in [-0.3, -0.25) is 14.6 Å². The van der Waals surface area contributed by atoms with Crippen LogP contribution in [0.2, 0.25) is 0 Å². The van der Waals surface area contributed by atoms with Crippen LogP contribution in [-0.4, -0.2) is 44.1 Å². The third-order valence-electron chi connectivity index (χ3n) is 3.02. The summed E-state index contributed by atoms with van der Waals surface area (Å²) in [6.45, 7) is -0.209. The Hall–Kier alpha value is -2.05. The van der Waals surface area contributed by atoms with Crippen molar-refractivity contribution in [3.8, 4) is 0 Å². The number of hydrogen-bond acceptors (Lipinski definition) is 3. The Morgan fingerprint density at radius 1 is 1.12 bits per heavy atom. The van der Waals surface area contributed by atoms with Crippen LogP contribution in [0.4, 0.5) is 13.2 Å². The smallest absolute Gasteiger partial charge is 0.368 e. The molecule has 0 aromatic heterocycles. The Balaban J connectivity index is 0.00000625. The number of nitrogens with zero attached hydrogens (tertiary/aromatic N) is 1. The Morgan fingerprint density at radius 3 is 2.23 bits per heavy atom. The summed E-state index contributed by atoms with van der Waals surface area (Å²) in [7, 11) is 1.45. The van der Waals surface area contributed by atoms with E-state index in [4.69, 9.17) is 5.73 Å². The number of carbonyl (C=O) groups is 2. The van der Waals surface area contributed by atoms with E-state index in [2.05, 4.69) is 20.9 Å². The van der Waals surface area contributed by atoms with Gasteiger partial charge >= 0.3 is 6.18 Å². The molecule has 0 aliphatic carbocycles. The number of halogens is 4. The van der Waals surface area contributed by atoms with E-state index in [0.717, 1.165) is 5.56 Å². The van der Waals surface area contributed by atoms with Gasteiger partial charge in [0, 0.05) is 25.7 Å². The highest BCUT2D eigenvalue weighted by Gasteiger charge is 2.26. The van der Waals surface area contributed by atoms with Crippen molar-refractivity contribution < 1.29 is 22.8 Å². The van der Waals surface area contributed by atoms with E-state index in [-0.39, 0.29) is 43.0 Å². The van der Waals surface area contributed by atoms with Crippen LogP contribution in [0.5, 0.6) is 0 Å². The first-order valence-corrected chi connectivity index (χ1v) is 7.38. The van der Waals surface area contributed by atoms with Gasteiger partial charge in [0.15, 0.2) is 5.96 Å². The SMILES string of the molecule is CN=C(NCCC(F)(F)F)NCc1ccc(C(=O)NCC(N)=O)cc1.I. The van der Waals surface area contributed by atoms with Crippen molar-refractivity contribution in [3.05, 3.63) is 35.4 Å². The second kappa shape index (κ2) is 11.5. The van der Waals surface area contributed by atoms with E-state index < -0.39 is 24.4 Å².